The summed E-state index contributed by atoms with van der Waals surface area (Å²) in [5.74, 6) is 1.07. The molecule has 0 saturated carbocycles. The molecule has 0 spiro atoms. The zero-order valence-electron chi connectivity index (χ0n) is 16.3. The summed E-state index contributed by atoms with van der Waals surface area (Å²) in [5.41, 5.74) is 2.09. The normalized spacial score (nSPS) is 15.4. The minimum Gasteiger partial charge on any atom is -0.494 e. The Labute approximate surface area is 183 Å². The van der Waals surface area contributed by atoms with E-state index >= 15 is 0 Å². The average Bonchev–Trinajstić information content (AvgIpc) is 2.72. The predicted molar refractivity (Wildman–Crippen MR) is 119 cm³/mol. The molecule has 8 heteroatoms. The second-order valence-electron chi connectivity index (χ2n) is 6.86. The van der Waals surface area contributed by atoms with Crippen LogP contribution in [0.4, 0.5) is 5.82 Å². The van der Waals surface area contributed by atoms with E-state index in [9.17, 15) is 9.59 Å². The van der Waals surface area contributed by atoms with E-state index in [1.807, 2.05) is 55.5 Å². The van der Waals surface area contributed by atoms with Gasteiger partial charge < -0.3 is 15.0 Å². The van der Waals surface area contributed by atoms with E-state index in [0.29, 0.717) is 39.7 Å². The van der Waals surface area contributed by atoms with Gasteiger partial charge in [0.25, 0.3) is 5.56 Å². The number of anilines is 1. The van der Waals surface area contributed by atoms with Crippen LogP contribution < -0.4 is 15.6 Å². The van der Waals surface area contributed by atoms with Gasteiger partial charge in [-0.2, -0.15) is 0 Å². The lowest BCUT2D eigenvalue weighted by atomic mass is 9.87. The molecule has 1 amide bonds. The van der Waals surface area contributed by atoms with Crippen molar-refractivity contribution in [3.8, 4) is 5.75 Å². The van der Waals surface area contributed by atoms with Gasteiger partial charge in [0.1, 0.15) is 11.6 Å². The van der Waals surface area contributed by atoms with Crippen LogP contribution in [0.25, 0.3) is 0 Å². The zero-order valence-corrected chi connectivity index (χ0v) is 17.8. The van der Waals surface area contributed by atoms with Crippen molar-refractivity contribution in [1.29, 1.82) is 0 Å². The fourth-order valence-electron chi connectivity index (χ4n) is 3.47. The Morgan fingerprint density at radius 2 is 2.03 bits per heavy atom. The molecule has 0 radical (unpaired) electrons. The van der Waals surface area contributed by atoms with E-state index in [4.69, 9.17) is 16.3 Å². The quantitative estimate of drug-likeness (QED) is 0.431. The number of fused-ring (bicyclic) bond motifs is 1. The Morgan fingerprint density at radius 3 is 2.83 bits per heavy atom. The van der Waals surface area contributed by atoms with E-state index in [-0.39, 0.29) is 23.8 Å². The molecule has 0 unspecified atom stereocenters. The smallest absolute Gasteiger partial charge is 0.257 e. The second kappa shape index (κ2) is 8.93. The van der Waals surface area contributed by atoms with Gasteiger partial charge in [-0.25, -0.2) is 4.98 Å². The number of hydrogen-bond donors (Lipinski definition) is 2. The van der Waals surface area contributed by atoms with Gasteiger partial charge in [-0.05, 0) is 42.3 Å². The molecule has 2 N–H and O–H groups in total. The zero-order chi connectivity index (χ0) is 21.1. The Hall–Kier alpha value is -2.77. The highest BCUT2D eigenvalue weighted by molar-refractivity contribution is 7.98. The molecule has 1 aliphatic rings. The Bertz CT molecular complexity index is 1150. The number of amides is 1. The molecule has 1 aliphatic heterocycles. The molecule has 154 valence electrons. The van der Waals surface area contributed by atoms with Crippen LogP contribution in [0.3, 0.4) is 0 Å². The fourth-order valence-corrected chi connectivity index (χ4v) is 4.49. The Kier molecular flexibility index (Phi) is 6.11. The number of aromatic amines is 1. The van der Waals surface area contributed by atoms with Gasteiger partial charge in [0.15, 0.2) is 5.16 Å². The number of hydrogen-bond acceptors (Lipinski definition) is 5. The third-order valence-corrected chi connectivity index (χ3v) is 5.94. The lowest BCUT2D eigenvalue weighted by molar-refractivity contribution is -0.116. The van der Waals surface area contributed by atoms with E-state index < -0.39 is 0 Å². The molecule has 3 aromatic rings. The van der Waals surface area contributed by atoms with Crippen molar-refractivity contribution in [2.75, 3.05) is 11.9 Å². The van der Waals surface area contributed by atoms with Crippen LogP contribution in [0, 0.1) is 0 Å². The summed E-state index contributed by atoms with van der Waals surface area (Å²) in [7, 11) is 0. The van der Waals surface area contributed by atoms with Crippen molar-refractivity contribution in [2.45, 2.75) is 30.2 Å². The topological polar surface area (TPSA) is 84.1 Å². The summed E-state index contributed by atoms with van der Waals surface area (Å²) >= 11 is 7.41. The number of thioether (sulfide) groups is 1. The van der Waals surface area contributed by atoms with E-state index in [0.717, 1.165) is 11.1 Å². The largest absolute Gasteiger partial charge is 0.494 e. The number of rotatable bonds is 6. The van der Waals surface area contributed by atoms with Crippen molar-refractivity contribution in [3.63, 3.8) is 0 Å². The van der Waals surface area contributed by atoms with Crippen LogP contribution in [-0.2, 0) is 10.5 Å². The van der Waals surface area contributed by atoms with Crippen molar-refractivity contribution >= 4 is 35.1 Å². The van der Waals surface area contributed by atoms with Crippen LogP contribution in [0.2, 0.25) is 5.02 Å². The summed E-state index contributed by atoms with van der Waals surface area (Å²) in [6, 6.07) is 15.0. The second-order valence-corrected chi connectivity index (χ2v) is 8.26. The number of nitrogens with one attached hydrogen (secondary N) is 2. The number of ether oxygens (including phenoxy) is 1. The van der Waals surface area contributed by atoms with Crippen LogP contribution in [-0.4, -0.2) is 22.5 Å². The fraction of sp³-hybridized carbons (Fsp3) is 0.227. The van der Waals surface area contributed by atoms with Gasteiger partial charge in [-0.3, -0.25) is 9.59 Å². The Morgan fingerprint density at radius 1 is 1.20 bits per heavy atom. The molecule has 2 aromatic carbocycles. The van der Waals surface area contributed by atoms with Gasteiger partial charge in [0, 0.05) is 23.1 Å². The molecular weight excluding hydrogens is 422 g/mol. The molecule has 4 rings (SSSR count). The summed E-state index contributed by atoms with van der Waals surface area (Å²) in [5, 5.41) is 3.86. The molecule has 1 atom stereocenters. The Balaban J connectivity index is 1.64. The summed E-state index contributed by atoms with van der Waals surface area (Å²) in [6.45, 7) is 2.45. The average molecular weight is 442 g/mol. The molecule has 6 nitrogen and oxygen atoms in total. The van der Waals surface area contributed by atoms with E-state index in [2.05, 4.69) is 15.3 Å². The molecular formula is C22H20ClN3O3S. The summed E-state index contributed by atoms with van der Waals surface area (Å²) < 4.78 is 5.57. The van der Waals surface area contributed by atoms with Crippen LogP contribution in [0.5, 0.6) is 5.75 Å². The highest BCUT2D eigenvalue weighted by Gasteiger charge is 2.31. The third-order valence-electron chi connectivity index (χ3n) is 4.77. The van der Waals surface area contributed by atoms with Gasteiger partial charge in [0.05, 0.1) is 12.2 Å². The minimum atomic E-state index is -0.377. The molecule has 30 heavy (non-hydrogen) atoms. The lowest BCUT2D eigenvalue weighted by Gasteiger charge is -2.24. The van der Waals surface area contributed by atoms with Crippen LogP contribution >= 0.6 is 23.4 Å². The number of halogens is 1. The molecule has 0 aliphatic carbocycles. The first-order valence-corrected chi connectivity index (χ1v) is 10.9. The number of aromatic nitrogens is 2. The summed E-state index contributed by atoms with van der Waals surface area (Å²) in [4.78, 5) is 32.6. The molecule has 0 bridgehead atoms. The van der Waals surface area contributed by atoms with E-state index in [1.165, 1.54) is 11.8 Å². The number of carbonyl (C=O) groups excluding carboxylic acids is 1. The monoisotopic (exact) mass is 441 g/mol. The predicted octanol–water partition coefficient (Wildman–Crippen LogP) is 4.59. The highest BCUT2D eigenvalue weighted by atomic mass is 35.5. The first-order valence-electron chi connectivity index (χ1n) is 9.57. The molecule has 1 aromatic heterocycles. The first kappa shape index (κ1) is 20.5. The van der Waals surface area contributed by atoms with Crippen LogP contribution in [0.15, 0.2) is 58.5 Å². The van der Waals surface area contributed by atoms with Crippen molar-refractivity contribution < 1.29 is 9.53 Å². The number of nitrogens with zero attached hydrogens (tertiary/aromatic N) is 1. The minimum absolute atomic E-state index is 0.168. The van der Waals surface area contributed by atoms with Crippen molar-refractivity contribution in [2.24, 2.45) is 0 Å². The first-order chi connectivity index (χ1) is 14.5. The van der Waals surface area contributed by atoms with Gasteiger partial charge in [-0.1, -0.05) is 47.6 Å². The third kappa shape index (κ3) is 4.52. The number of carbonyl (C=O) groups is 1. The maximum atomic E-state index is 12.9. The summed E-state index contributed by atoms with van der Waals surface area (Å²) in [6.07, 6.45) is 0.183. The highest BCUT2D eigenvalue weighted by Crippen LogP contribution is 2.35. The van der Waals surface area contributed by atoms with Gasteiger partial charge in [-0.15, -0.1) is 0 Å². The van der Waals surface area contributed by atoms with E-state index in [1.54, 1.807) is 0 Å². The number of H-pyrrole nitrogens is 1. The maximum absolute atomic E-state index is 12.9. The van der Waals surface area contributed by atoms with Crippen LogP contribution in [0.1, 0.15) is 36.0 Å². The molecule has 0 fully saturated rings. The van der Waals surface area contributed by atoms with Crippen molar-refractivity contribution in [1.82, 2.24) is 9.97 Å². The number of benzene rings is 2. The standard InChI is InChI=1S/C22H20ClN3O3S/c1-2-29-16-8-4-6-14(10-16)17-11-18(27)24-20-19(17)21(28)26-22(25-20)30-12-13-5-3-7-15(23)9-13/h3-10,17H,2,11-12H2,1H3,(H2,24,25,26,27,28)/t17-/m1/s1. The maximum Gasteiger partial charge on any atom is 0.257 e. The van der Waals surface area contributed by atoms with Crippen molar-refractivity contribution in [3.05, 3.63) is 80.6 Å². The molecule has 0 saturated heterocycles. The van der Waals surface area contributed by atoms with Gasteiger partial charge >= 0.3 is 0 Å². The lowest BCUT2D eigenvalue weighted by Crippen LogP contribution is -2.31. The SMILES string of the molecule is CCOc1cccc([C@H]2CC(=O)Nc3nc(SCc4cccc(Cl)c4)[nH]c(=O)c32)c1. The van der Waals surface area contributed by atoms with Gasteiger partial charge in [0.2, 0.25) is 5.91 Å². The molecule has 2 heterocycles.